The van der Waals surface area contributed by atoms with E-state index in [0.717, 1.165) is 6.07 Å². The first-order chi connectivity index (χ1) is 21.7. The van der Waals surface area contributed by atoms with Gasteiger partial charge in [0.05, 0.1) is 20.8 Å². The molecule has 2 aliphatic carbocycles. The van der Waals surface area contributed by atoms with E-state index in [4.69, 9.17) is 21.1 Å². The quantitative estimate of drug-likeness (QED) is 0.220. The van der Waals surface area contributed by atoms with Crippen LogP contribution in [0.4, 0.5) is 23.7 Å². The van der Waals surface area contributed by atoms with Crippen molar-refractivity contribution in [2.45, 2.75) is 87.7 Å². The number of esters is 1. The van der Waals surface area contributed by atoms with Crippen LogP contribution >= 0.6 is 11.6 Å². The predicted octanol–water partition coefficient (Wildman–Crippen LogP) is 5.80. The third-order valence-corrected chi connectivity index (χ3v) is 11.2. The van der Waals surface area contributed by atoms with Crippen molar-refractivity contribution in [3.05, 3.63) is 58.4 Å². The number of amides is 2. The zero-order valence-corrected chi connectivity index (χ0v) is 28.1. The summed E-state index contributed by atoms with van der Waals surface area (Å²) >= 11 is 6.31. The Morgan fingerprint density at radius 3 is 2.15 bits per heavy atom. The van der Waals surface area contributed by atoms with Crippen LogP contribution in [0.3, 0.4) is 0 Å². The number of aliphatic hydroxyl groups is 1. The Balaban J connectivity index is 1.46. The first-order valence-electron chi connectivity index (χ1n) is 15.1. The molecule has 2 aliphatic rings. The van der Waals surface area contributed by atoms with Crippen molar-refractivity contribution >= 4 is 45.1 Å². The Morgan fingerprint density at radius 1 is 1.04 bits per heavy atom. The average Bonchev–Trinajstić information content (AvgIpc) is 3.25. The van der Waals surface area contributed by atoms with Gasteiger partial charge in [0.1, 0.15) is 18.2 Å². The number of rotatable bonds is 9. The summed E-state index contributed by atoms with van der Waals surface area (Å²) in [6.45, 7) is 8.05. The lowest BCUT2D eigenvalue weighted by atomic mass is 9.77. The number of carbonyl (C=O) groups is 3. The summed E-state index contributed by atoms with van der Waals surface area (Å²) in [6, 6.07) is 3.64. The monoisotopic (exact) mass is 702 g/mol. The van der Waals surface area contributed by atoms with Crippen LogP contribution < -0.4 is 10.6 Å². The summed E-state index contributed by atoms with van der Waals surface area (Å²) in [5.74, 6) is -7.82. The highest BCUT2D eigenvalue weighted by Gasteiger charge is 2.55. The minimum Gasteiger partial charge on any atom is -0.461 e. The van der Waals surface area contributed by atoms with Crippen LogP contribution in [0.25, 0.3) is 0 Å². The first kappa shape index (κ1) is 36.5. The molecule has 2 aromatic carbocycles. The summed E-state index contributed by atoms with van der Waals surface area (Å²) in [5, 5.41) is 15.1. The zero-order chi connectivity index (χ0) is 35.1. The van der Waals surface area contributed by atoms with E-state index in [1.165, 1.54) is 12.1 Å². The molecule has 2 bridgehead atoms. The Morgan fingerprint density at radius 2 is 1.62 bits per heavy atom. The fourth-order valence-electron chi connectivity index (χ4n) is 6.33. The second kappa shape index (κ2) is 13.6. The largest absolute Gasteiger partial charge is 0.461 e. The van der Waals surface area contributed by atoms with E-state index in [1.54, 1.807) is 34.6 Å². The minimum atomic E-state index is -4.17. The van der Waals surface area contributed by atoms with Gasteiger partial charge in [-0.25, -0.2) is 31.2 Å². The van der Waals surface area contributed by atoms with Gasteiger partial charge in [0.25, 0.3) is 5.91 Å². The smallest absolute Gasteiger partial charge is 0.408 e. The molecular weight excluding hydrogens is 665 g/mol. The highest BCUT2D eigenvalue weighted by atomic mass is 35.5. The number of sulfone groups is 1. The van der Waals surface area contributed by atoms with E-state index in [1.807, 2.05) is 0 Å². The SMILES string of the molecule is CC(C)[C@H](NC(=O)OC(C)(C)C)C(=O)OC[C@]1(O)CC2CC[C@@H](C1)[C@H]2S(=O)(=O)c1cc(C(=O)Nc2cc(F)c(F)c(F)c2)ccc1Cl. The first-order valence-corrected chi connectivity index (χ1v) is 17.0. The van der Waals surface area contributed by atoms with E-state index in [0.29, 0.717) is 25.0 Å². The molecule has 1 unspecified atom stereocenters. The van der Waals surface area contributed by atoms with Crippen LogP contribution in [0.5, 0.6) is 0 Å². The van der Waals surface area contributed by atoms with Crippen LogP contribution in [0, 0.1) is 35.2 Å². The van der Waals surface area contributed by atoms with Gasteiger partial charge in [-0.3, -0.25) is 4.79 Å². The van der Waals surface area contributed by atoms with E-state index in [2.05, 4.69) is 10.6 Å². The number of benzene rings is 2. The van der Waals surface area contributed by atoms with E-state index >= 15 is 0 Å². The maximum Gasteiger partial charge on any atom is 0.408 e. The summed E-state index contributed by atoms with van der Waals surface area (Å²) in [7, 11) is -4.17. The van der Waals surface area contributed by atoms with E-state index < -0.39 is 86.2 Å². The van der Waals surface area contributed by atoms with Crippen LogP contribution in [-0.2, 0) is 24.1 Å². The van der Waals surface area contributed by atoms with Gasteiger partial charge < -0.3 is 25.2 Å². The number of hydrogen-bond acceptors (Lipinski definition) is 8. The van der Waals surface area contributed by atoms with Crippen molar-refractivity contribution in [1.29, 1.82) is 0 Å². The molecule has 2 fully saturated rings. The summed E-state index contributed by atoms with van der Waals surface area (Å²) < 4.78 is 79.3. The van der Waals surface area contributed by atoms with Gasteiger partial charge in [0, 0.05) is 23.4 Å². The molecule has 47 heavy (non-hydrogen) atoms. The lowest BCUT2D eigenvalue weighted by Gasteiger charge is -2.40. The number of anilines is 1. The number of halogens is 4. The van der Waals surface area contributed by atoms with Crippen molar-refractivity contribution in [2.75, 3.05) is 11.9 Å². The molecule has 258 valence electrons. The normalized spacial score (nSPS) is 23.3. The molecular formula is C32H38ClF3N2O8S. The summed E-state index contributed by atoms with van der Waals surface area (Å²) in [4.78, 5) is 37.8. The molecule has 0 spiro atoms. The Labute approximate surface area is 276 Å². The van der Waals surface area contributed by atoms with Crippen molar-refractivity contribution in [1.82, 2.24) is 5.32 Å². The molecule has 4 rings (SSSR count). The lowest BCUT2D eigenvalue weighted by Crippen LogP contribution is -2.51. The standard InChI is InChI=1S/C32H38ClF3N2O8S/c1-16(2)26(38-30(41)46-31(3,4)5)29(40)45-15-32(42)13-18-6-7-19(14-32)27(18)47(43,44)24-10-17(8-9-21(24)33)28(39)37-20-11-22(34)25(36)23(35)12-20/h8-12,16,18-19,26-27,42H,6-7,13-15H2,1-5H3,(H,37,39)(H,38,41)/t18-,19?,26-,27+,32+/m0/s1. The van der Waals surface area contributed by atoms with Gasteiger partial charge in [-0.05, 0) is 82.4 Å². The second-order valence-corrected chi connectivity index (χ2v) is 16.0. The van der Waals surface area contributed by atoms with Gasteiger partial charge in [-0.2, -0.15) is 0 Å². The number of ether oxygens (including phenoxy) is 2. The number of alkyl carbamates (subject to hydrolysis) is 1. The van der Waals surface area contributed by atoms with Crippen LogP contribution in [0.15, 0.2) is 35.2 Å². The molecule has 15 heteroatoms. The van der Waals surface area contributed by atoms with Gasteiger partial charge in [0.15, 0.2) is 27.3 Å². The molecule has 2 aromatic rings. The molecule has 0 heterocycles. The topological polar surface area (TPSA) is 148 Å². The van der Waals surface area contributed by atoms with Crippen LogP contribution in [0.1, 0.15) is 70.7 Å². The molecule has 3 N–H and O–H groups in total. The van der Waals surface area contributed by atoms with Crippen molar-refractivity contribution in [3.63, 3.8) is 0 Å². The molecule has 5 atom stereocenters. The Hall–Kier alpha value is -3.36. The third kappa shape index (κ3) is 8.39. The highest BCUT2D eigenvalue weighted by Crippen LogP contribution is 2.51. The van der Waals surface area contributed by atoms with Crippen molar-refractivity contribution < 1.29 is 50.6 Å². The average molecular weight is 703 g/mol. The fourth-order valence-corrected chi connectivity index (χ4v) is 9.17. The predicted molar refractivity (Wildman–Crippen MR) is 166 cm³/mol. The molecule has 0 radical (unpaired) electrons. The van der Waals surface area contributed by atoms with Gasteiger partial charge >= 0.3 is 12.1 Å². The molecule has 2 saturated carbocycles. The molecule has 10 nitrogen and oxygen atoms in total. The maximum absolute atomic E-state index is 14.0. The van der Waals surface area contributed by atoms with Gasteiger partial charge in [-0.1, -0.05) is 25.4 Å². The Bertz CT molecular complexity index is 1630. The molecule has 0 saturated heterocycles. The number of fused-ring (bicyclic) bond motifs is 2. The maximum atomic E-state index is 14.0. The zero-order valence-electron chi connectivity index (χ0n) is 26.5. The molecule has 0 aromatic heterocycles. The van der Waals surface area contributed by atoms with Gasteiger partial charge in [0.2, 0.25) is 0 Å². The van der Waals surface area contributed by atoms with Crippen LogP contribution in [-0.4, -0.2) is 60.6 Å². The van der Waals surface area contributed by atoms with E-state index in [9.17, 15) is 41.1 Å². The lowest BCUT2D eigenvalue weighted by molar-refractivity contribution is -0.158. The van der Waals surface area contributed by atoms with Crippen molar-refractivity contribution in [2.24, 2.45) is 17.8 Å². The third-order valence-electron chi connectivity index (χ3n) is 8.30. The second-order valence-electron chi connectivity index (χ2n) is 13.6. The molecule has 0 aliphatic heterocycles. The number of hydrogen-bond donors (Lipinski definition) is 3. The van der Waals surface area contributed by atoms with Crippen LogP contribution in [0.2, 0.25) is 5.02 Å². The highest BCUT2D eigenvalue weighted by molar-refractivity contribution is 7.92. The van der Waals surface area contributed by atoms with Gasteiger partial charge in [-0.15, -0.1) is 0 Å². The number of nitrogens with one attached hydrogen (secondary N) is 2. The molecule has 2 amide bonds. The van der Waals surface area contributed by atoms with Crippen molar-refractivity contribution in [3.8, 4) is 0 Å². The Kier molecular flexibility index (Phi) is 10.6. The fraction of sp³-hybridized carbons (Fsp3) is 0.531. The summed E-state index contributed by atoms with van der Waals surface area (Å²) in [5.41, 5.74) is -2.86. The minimum absolute atomic E-state index is 0.00596. The summed E-state index contributed by atoms with van der Waals surface area (Å²) in [6.07, 6.45) is 0.157. The van der Waals surface area contributed by atoms with E-state index in [-0.39, 0.29) is 39.9 Å². The number of carbonyl (C=O) groups excluding carboxylic acids is 3.